The van der Waals surface area contributed by atoms with E-state index in [0.29, 0.717) is 34.8 Å². The third kappa shape index (κ3) is 3.61. The molecule has 1 aromatic carbocycles. The number of rotatable bonds is 3. The molecule has 0 radical (unpaired) electrons. The van der Waals surface area contributed by atoms with Crippen LogP contribution < -0.4 is 16.0 Å². The van der Waals surface area contributed by atoms with Crippen LogP contribution in [-0.4, -0.2) is 29.9 Å². The quantitative estimate of drug-likeness (QED) is 0.608. The Morgan fingerprint density at radius 2 is 2.19 bits per heavy atom. The van der Waals surface area contributed by atoms with E-state index in [0.717, 1.165) is 18.5 Å². The number of halogens is 2. The number of carbonyl (C=O) groups is 2. The molecule has 0 saturated carbocycles. The van der Waals surface area contributed by atoms with Crippen molar-refractivity contribution in [3.8, 4) is 0 Å². The van der Waals surface area contributed by atoms with Crippen LogP contribution in [0.15, 0.2) is 24.4 Å². The zero-order chi connectivity index (χ0) is 18.3. The van der Waals surface area contributed by atoms with Crippen LogP contribution in [0.5, 0.6) is 0 Å². The number of hydrogen-bond donors (Lipinski definition) is 4. The number of hydrogen-bond acceptors (Lipinski definition) is 3. The number of aromatic nitrogens is 1. The Balaban J connectivity index is 0.00000210. The van der Waals surface area contributed by atoms with Gasteiger partial charge >= 0.3 is 0 Å². The SMILES string of the molecule is Cc1c(NC(=O)C2CCNC2)c[nH]c1/C=C1\C(=O)Nc2ccc(F)cc21.Cl. The summed E-state index contributed by atoms with van der Waals surface area (Å²) < 4.78 is 13.5. The Bertz CT molecular complexity index is 932. The molecule has 27 heavy (non-hydrogen) atoms. The first-order chi connectivity index (χ1) is 12.5. The first kappa shape index (κ1) is 19.1. The van der Waals surface area contributed by atoms with Crippen LogP contribution in [0, 0.1) is 18.7 Å². The highest BCUT2D eigenvalue weighted by atomic mass is 35.5. The van der Waals surface area contributed by atoms with Gasteiger partial charge in [0.15, 0.2) is 0 Å². The van der Waals surface area contributed by atoms with Crippen molar-refractivity contribution in [2.75, 3.05) is 23.7 Å². The smallest absolute Gasteiger partial charge is 0.256 e. The second-order valence-corrected chi connectivity index (χ2v) is 6.62. The van der Waals surface area contributed by atoms with Gasteiger partial charge in [0.1, 0.15) is 5.82 Å². The predicted octanol–water partition coefficient (Wildman–Crippen LogP) is 2.92. The summed E-state index contributed by atoms with van der Waals surface area (Å²) in [6, 6.07) is 4.20. The lowest BCUT2D eigenvalue weighted by molar-refractivity contribution is -0.119. The number of nitrogens with one attached hydrogen (secondary N) is 4. The number of amides is 2. The van der Waals surface area contributed by atoms with Gasteiger partial charge in [-0.05, 0) is 49.7 Å². The molecule has 1 aromatic heterocycles. The molecular weight excluding hydrogens is 371 g/mol. The first-order valence-electron chi connectivity index (χ1n) is 8.55. The third-order valence-corrected chi connectivity index (χ3v) is 4.92. The van der Waals surface area contributed by atoms with Gasteiger partial charge in [0.2, 0.25) is 5.91 Å². The lowest BCUT2D eigenvalue weighted by Gasteiger charge is -2.09. The van der Waals surface area contributed by atoms with Crippen molar-refractivity contribution in [3.05, 3.63) is 47.0 Å². The highest BCUT2D eigenvalue weighted by molar-refractivity contribution is 6.34. The Hall–Kier alpha value is -2.64. The molecule has 1 atom stereocenters. The zero-order valence-electron chi connectivity index (χ0n) is 14.7. The summed E-state index contributed by atoms with van der Waals surface area (Å²) in [7, 11) is 0. The highest BCUT2D eigenvalue weighted by Crippen LogP contribution is 2.34. The second kappa shape index (κ2) is 7.54. The van der Waals surface area contributed by atoms with E-state index in [-0.39, 0.29) is 30.1 Å². The molecule has 2 amide bonds. The molecule has 0 aliphatic carbocycles. The monoisotopic (exact) mass is 390 g/mol. The number of fused-ring (bicyclic) bond motifs is 1. The van der Waals surface area contributed by atoms with E-state index in [1.807, 2.05) is 6.92 Å². The van der Waals surface area contributed by atoms with Crippen molar-refractivity contribution >= 4 is 47.2 Å². The lowest BCUT2D eigenvalue weighted by atomic mass is 10.0. The fourth-order valence-corrected chi connectivity index (χ4v) is 3.35. The first-order valence-corrected chi connectivity index (χ1v) is 8.55. The van der Waals surface area contributed by atoms with Gasteiger partial charge in [-0.25, -0.2) is 4.39 Å². The summed E-state index contributed by atoms with van der Waals surface area (Å²) in [4.78, 5) is 27.6. The van der Waals surface area contributed by atoms with Crippen LogP contribution in [0.2, 0.25) is 0 Å². The highest BCUT2D eigenvalue weighted by Gasteiger charge is 2.26. The molecular formula is C19H20ClFN4O2. The standard InChI is InChI=1S/C19H19FN4O2.ClH/c1-10-16(22-9-17(10)24-18(25)11-4-5-21-8-11)7-14-13-6-12(20)2-3-15(13)23-19(14)26;/h2-3,6-7,9,11,21-22H,4-5,8H2,1H3,(H,23,26)(H,24,25);1H/b14-7-;. The molecule has 2 aliphatic heterocycles. The van der Waals surface area contributed by atoms with E-state index in [4.69, 9.17) is 0 Å². The summed E-state index contributed by atoms with van der Waals surface area (Å²) in [6.07, 6.45) is 4.22. The number of H-pyrrole nitrogens is 1. The Morgan fingerprint density at radius 3 is 2.93 bits per heavy atom. The maximum atomic E-state index is 13.5. The fraction of sp³-hybridized carbons (Fsp3) is 0.263. The van der Waals surface area contributed by atoms with Gasteiger partial charge in [-0.3, -0.25) is 9.59 Å². The molecule has 6 nitrogen and oxygen atoms in total. The van der Waals surface area contributed by atoms with Crippen LogP contribution in [0.3, 0.4) is 0 Å². The molecule has 2 aliphatic rings. The van der Waals surface area contributed by atoms with E-state index < -0.39 is 5.82 Å². The molecule has 0 spiro atoms. The summed E-state index contributed by atoms with van der Waals surface area (Å²) in [6.45, 7) is 3.41. The molecule has 0 bridgehead atoms. The largest absolute Gasteiger partial charge is 0.360 e. The molecule has 4 rings (SSSR count). The molecule has 2 aromatic rings. The van der Waals surface area contributed by atoms with Gasteiger partial charge in [-0.15, -0.1) is 12.4 Å². The fourth-order valence-electron chi connectivity index (χ4n) is 3.35. The minimum atomic E-state index is -0.396. The van der Waals surface area contributed by atoms with Gasteiger partial charge in [0.05, 0.1) is 17.2 Å². The van der Waals surface area contributed by atoms with Crippen LogP contribution in [0.25, 0.3) is 11.6 Å². The van der Waals surface area contributed by atoms with Gasteiger partial charge in [-0.1, -0.05) is 0 Å². The summed E-state index contributed by atoms with van der Waals surface area (Å²) in [5.74, 6) is -0.710. The van der Waals surface area contributed by atoms with Gasteiger partial charge in [0.25, 0.3) is 5.91 Å². The number of aromatic amines is 1. The van der Waals surface area contributed by atoms with E-state index in [9.17, 15) is 14.0 Å². The second-order valence-electron chi connectivity index (χ2n) is 6.62. The van der Waals surface area contributed by atoms with Crippen LogP contribution in [0.1, 0.15) is 23.2 Å². The number of anilines is 2. The molecule has 1 saturated heterocycles. The molecule has 3 heterocycles. The van der Waals surface area contributed by atoms with Crippen LogP contribution in [0.4, 0.5) is 15.8 Å². The van der Waals surface area contributed by atoms with E-state index in [1.165, 1.54) is 12.1 Å². The van der Waals surface area contributed by atoms with Crippen molar-refractivity contribution in [2.45, 2.75) is 13.3 Å². The van der Waals surface area contributed by atoms with Crippen molar-refractivity contribution in [1.29, 1.82) is 0 Å². The van der Waals surface area contributed by atoms with Gasteiger partial charge in [-0.2, -0.15) is 0 Å². The van der Waals surface area contributed by atoms with Crippen molar-refractivity contribution in [2.24, 2.45) is 5.92 Å². The number of benzene rings is 1. The minimum absolute atomic E-state index is 0. The van der Waals surface area contributed by atoms with E-state index in [2.05, 4.69) is 20.9 Å². The maximum absolute atomic E-state index is 13.5. The maximum Gasteiger partial charge on any atom is 0.256 e. The zero-order valence-corrected chi connectivity index (χ0v) is 15.5. The summed E-state index contributed by atoms with van der Waals surface area (Å²) in [5.41, 5.74) is 3.73. The molecule has 4 N–H and O–H groups in total. The van der Waals surface area contributed by atoms with E-state index >= 15 is 0 Å². The summed E-state index contributed by atoms with van der Waals surface area (Å²) >= 11 is 0. The van der Waals surface area contributed by atoms with Crippen LogP contribution in [-0.2, 0) is 9.59 Å². The number of carbonyl (C=O) groups excluding carboxylic acids is 2. The van der Waals surface area contributed by atoms with Crippen molar-refractivity contribution in [3.63, 3.8) is 0 Å². The average Bonchev–Trinajstić information content (AvgIpc) is 3.32. The Kier molecular flexibility index (Phi) is 5.34. The topological polar surface area (TPSA) is 86.0 Å². The van der Waals surface area contributed by atoms with Crippen LogP contribution >= 0.6 is 12.4 Å². The summed E-state index contributed by atoms with van der Waals surface area (Å²) in [5, 5.41) is 8.84. The van der Waals surface area contributed by atoms with Gasteiger partial charge < -0.3 is 20.9 Å². The third-order valence-electron chi connectivity index (χ3n) is 4.92. The van der Waals surface area contributed by atoms with Crippen molar-refractivity contribution < 1.29 is 14.0 Å². The molecule has 8 heteroatoms. The molecule has 142 valence electrons. The molecule has 1 unspecified atom stereocenters. The Morgan fingerprint density at radius 1 is 1.37 bits per heavy atom. The Labute approximate surface area is 162 Å². The van der Waals surface area contributed by atoms with E-state index in [1.54, 1.807) is 18.3 Å². The lowest BCUT2D eigenvalue weighted by Crippen LogP contribution is -2.24. The normalized spacial score (nSPS) is 19.6. The van der Waals surface area contributed by atoms with Crippen molar-refractivity contribution in [1.82, 2.24) is 10.3 Å². The predicted molar refractivity (Wildman–Crippen MR) is 105 cm³/mol. The molecule has 1 fully saturated rings. The van der Waals surface area contributed by atoms with Gasteiger partial charge in [0, 0.05) is 29.7 Å². The average molecular weight is 391 g/mol. The minimum Gasteiger partial charge on any atom is -0.360 e.